The summed E-state index contributed by atoms with van der Waals surface area (Å²) in [5.41, 5.74) is 2.65. The molecule has 0 aromatic carbocycles. The van der Waals surface area contributed by atoms with Crippen LogP contribution < -0.4 is 5.56 Å². The molecule has 172 valence electrons. The highest BCUT2D eigenvalue weighted by molar-refractivity contribution is 5.77. The molecule has 0 radical (unpaired) electrons. The van der Waals surface area contributed by atoms with Gasteiger partial charge in [0.15, 0.2) is 5.65 Å². The average Bonchev–Trinajstić information content (AvgIpc) is 3.54. The van der Waals surface area contributed by atoms with E-state index in [1.54, 1.807) is 4.90 Å². The average molecular weight is 442 g/mol. The van der Waals surface area contributed by atoms with Gasteiger partial charge in [-0.1, -0.05) is 6.92 Å². The lowest BCUT2D eigenvalue weighted by Crippen LogP contribution is -2.39. The van der Waals surface area contributed by atoms with Gasteiger partial charge in [0.25, 0.3) is 5.56 Å². The van der Waals surface area contributed by atoms with E-state index in [-0.39, 0.29) is 29.5 Å². The number of rotatable bonds is 5. The van der Waals surface area contributed by atoms with Crippen molar-refractivity contribution in [3.05, 3.63) is 33.4 Å². The van der Waals surface area contributed by atoms with Crippen LogP contribution in [-0.4, -0.2) is 62.0 Å². The normalized spacial score (nSPS) is 23.2. The zero-order valence-corrected chi connectivity index (χ0v) is 18.6. The third kappa shape index (κ3) is 3.83. The van der Waals surface area contributed by atoms with E-state index in [1.807, 2.05) is 17.9 Å². The van der Waals surface area contributed by atoms with Gasteiger partial charge < -0.3 is 14.5 Å². The van der Waals surface area contributed by atoms with Gasteiger partial charge in [0.1, 0.15) is 0 Å². The quantitative estimate of drug-likeness (QED) is 0.764. The first kappa shape index (κ1) is 21.2. The van der Waals surface area contributed by atoms with Crippen LogP contribution in [0.25, 0.3) is 5.65 Å². The van der Waals surface area contributed by atoms with E-state index in [1.165, 1.54) is 4.52 Å². The molecule has 0 aliphatic carbocycles. The molecule has 0 unspecified atom stereocenters. The second-order valence-electron chi connectivity index (χ2n) is 9.15. The number of fused-ring (bicyclic) bond motifs is 2. The van der Waals surface area contributed by atoms with Crippen molar-refractivity contribution in [3.63, 3.8) is 0 Å². The Morgan fingerprint density at radius 1 is 1.22 bits per heavy atom. The molecule has 3 aliphatic heterocycles. The summed E-state index contributed by atoms with van der Waals surface area (Å²) >= 11 is 0. The molecule has 0 bridgehead atoms. The molecule has 5 rings (SSSR count). The summed E-state index contributed by atoms with van der Waals surface area (Å²) in [6.45, 7) is 4.39. The van der Waals surface area contributed by atoms with Gasteiger partial charge >= 0.3 is 0 Å². The fourth-order valence-corrected chi connectivity index (χ4v) is 5.27. The summed E-state index contributed by atoms with van der Waals surface area (Å²) in [6.07, 6.45) is 6.05. The first-order valence-electron chi connectivity index (χ1n) is 11.9. The maximum absolute atomic E-state index is 13.1. The molecule has 2 amide bonds. The Balaban J connectivity index is 1.40. The predicted molar refractivity (Wildman–Crippen MR) is 117 cm³/mol. The van der Waals surface area contributed by atoms with Crippen LogP contribution >= 0.6 is 0 Å². The van der Waals surface area contributed by atoms with E-state index in [0.717, 1.165) is 50.9 Å². The van der Waals surface area contributed by atoms with Crippen molar-refractivity contribution < 1.29 is 14.3 Å². The smallest absolute Gasteiger partial charge is 0.276 e. The number of hydrogen-bond acceptors (Lipinski definition) is 5. The second-order valence-corrected chi connectivity index (χ2v) is 9.15. The third-order valence-corrected chi connectivity index (χ3v) is 6.96. The highest BCUT2D eigenvalue weighted by Gasteiger charge is 2.34. The molecule has 5 heterocycles. The van der Waals surface area contributed by atoms with Gasteiger partial charge in [-0.25, -0.2) is 9.50 Å². The number of likely N-dealkylation sites (tertiary alicyclic amines) is 1. The van der Waals surface area contributed by atoms with Gasteiger partial charge in [-0.15, -0.1) is 0 Å². The molecule has 9 nitrogen and oxygen atoms in total. The topological polar surface area (TPSA) is 100 Å². The molecule has 2 aromatic heterocycles. The number of ether oxygens (including phenoxy) is 1. The molecule has 2 fully saturated rings. The van der Waals surface area contributed by atoms with E-state index >= 15 is 0 Å². The van der Waals surface area contributed by atoms with Crippen LogP contribution in [0.3, 0.4) is 0 Å². The highest BCUT2D eigenvalue weighted by atomic mass is 16.5. The number of nitrogens with one attached hydrogen (secondary N) is 1. The minimum atomic E-state index is -0.103. The fourth-order valence-electron chi connectivity index (χ4n) is 5.27. The summed E-state index contributed by atoms with van der Waals surface area (Å²) < 4.78 is 7.15. The van der Waals surface area contributed by atoms with Gasteiger partial charge in [-0.2, -0.15) is 0 Å². The van der Waals surface area contributed by atoms with Gasteiger partial charge in [0.05, 0.1) is 36.5 Å². The maximum atomic E-state index is 13.1. The molecule has 2 saturated heterocycles. The minimum Gasteiger partial charge on any atom is -0.378 e. The Morgan fingerprint density at radius 3 is 2.88 bits per heavy atom. The second kappa shape index (κ2) is 8.69. The highest BCUT2D eigenvalue weighted by Crippen LogP contribution is 2.33. The zero-order chi connectivity index (χ0) is 22.2. The van der Waals surface area contributed by atoms with Crippen molar-refractivity contribution in [1.82, 2.24) is 24.4 Å². The van der Waals surface area contributed by atoms with Crippen LogP contribution in [0.15, 0.2) is 10.9 Å². The van der Waals surface area contributed by atoms with Crippen LogP contribution in [0.1, 0.15) is 74.9 Å². The monoisotopic (exact) mass is 441 g/mol. The molecular weight excluding hydrogens is 410 g/mol. The van der Waals surface area contributed by atoms with Crippen molar-refractivity contribution in [3.8, 4) is 0 Å². The summed E-state index contributed by atoms with van der Waals surface area (Å²) in [5.74, 6) is 0.226. The molecule has 0 saturated carbocycles. The summed E-state index contributed by atoms with van der Waals surface area (Å²) in [5, 5.41) is 3.22. The number of H-pyrrole nitrogens is 1. The lowest BCUT2D eigenvalue weighted by molar-refractivity contribution is -0.134. The lowest BCUT2D eigenvalue weighted by Gasteiger charge is -2.27. The maximum Gasteiger partial charge on any atom is 0.276 e. The Kier molecular flexibility index (Phi) is 5.75. The van der Waals surface area contributed by atoms with E-state index in [2.05, 4.69) is 5.10 Å². The van der Waals surface area contributed by atoms with Gasteiger partial charge in [-0.05, 0) is 38.5 Å². The zero-order valence-electron chi connectivity index (χ0n) is 18.6. The van der Waals surface area contributed by atoms with Crippen molar-refractivity contribution in [2.75, 3.05) is 19.7 Å². The van der Waals surface area contributed by atoms with Crippen molar-refractivity contribution in [1.29, 1.82) is 0 Å². The van der Waals surface area contributed by atoms with Crippen LogP contribution in [-0.2, 0) is 27.3 Å². The van der Waals surface area contributed by atoms with Crippen LogP contribution in [0.5, 0.6) is 0 Å². The number of aromatic nitrogens is 3. The van der Waals surface area contributed by atoms with Crippen LogP contribution in [0.2, 0.25) is 0 Å². The standard InChI is InChI=1S/C23H31N5O4/c1-2-5-21(29)26-10-8-16-18(14-26)24-20-13-17(25-28(20)23(16)31)19-7-3-9-27(19)22(30)12-15-6-4-11-32-15/h13,15,19,25H,2-12,14H2,1H3/t15-,19-/m1/s1. The van der Waals surface area contributed by atoms with E-state index in [9.17, 15) is 14.4 Å². The number of amides is 2. The molecular formula is C23H31N5O4. The van der Waals surface area contributed by atoms with Crippen molar-refractivity contribution in [2.24, 2.45) is 0 Å². The third-order valence-electron chi connectivity index (χ3n) is 6.96. The molecule has 2 atom stereocenters. The largest absolute Gasteiger partial charge is 0.378 e. The lowest BCUT2D eigenvalue weighted by atomic mass is 10.1. The Bertz CT molecular complexity index is 1080. The fraction of sp³-hybridized carbons (Fsp3) is 0.652. The molecule has 32 heavy (non-hydrogen) atoms. The number of carbonyl (C=O) groups is 2. The first-order chi connectivity index (χ1) is 15.5. The molecule has 0 spiro atoms. The van der Waals surface area contributed by atoms with Gasteiger partial charge in [-0.3, -0.25) is 19.5 Å². The van der Waals surface area contributed by atoms with Gasteiger partial charge in [0, 0.05) is 37.7 Å². The predicted octanol–water partition coefficient (Wildman–Crippen LogP) is 1.94. The summed E-state index contributed by atoms with van der Waals surface area (Å²) in [6, 6.07) is 1.81. The first-order valence-corrected chi connectivity index (χ1v) is 11.9. The Hall–Kier alpha value is -2.68. The molecule has 2 aromatic rings. The van der Waals surface area contributed by atoms with Crippen molar-refractivity contribution >= 4 is 17.5 Å². The number of aromatic amines is 1. The Morgan fingerprint density at radius 2 is 2.09 bits per heavy atom. The summed E-state index contributed by atoms with van der Waals surface area (Å²) in [4.78, 5) is 46.8. The minimum absolute atomic E-state index is 0.0286. The number of hydrogen-bond donors (Lipinski definition) is 1. The number of nitrogens with zero attached hydrogens (tertiary/aromatic N) is 4. The van der Waals surface area contributed by atoms with Crippen LogP contribution in [0, 0.1) is 0 Å². The number of carbonyl (C=O) groups excluding carboxylic acids is 2. The molecule has 9 heteroatoms. The molecule has 1 N–H and O–H groups in total. The van der Waals surface area contributed by atoms with Crippen LogP contribution in [0.4, 0.5) is 0 Å². The van der Waals surface area contributed by atoms with E-state index in [0.29, 0.717) is 49.3 Å². The van der Waals surface area contributed by atoms with E-state index < -0.39 is 0 Å². The van der Waals surface area contributed by atoms with E-state index in [4.69, 9.17) is 9.72 Å². The molecule has 3 aliphatic rings. The SMILES string of the molecule is CCCC(=O)N1CCc2c(nc3cc([C@H]4CCCN4C(=O)C[C@H]4CCCO4)[nH]n3c2=O)C1. The van der Waals surface area contributed by atoms with Gasteiger partial charge in [0.2, 0.25) is 11.8 Å². The van der Waals surface area contributed by atoms with Crippen molar-refractivity contribution in [2.45, 2.75) is 77.0 Å². The summed E-state index contributed by atoms with van der Waals surface area (Å²) in [7, 11) is 0. The Labute approximate surface area is 186 Å².